The zero-order valence-corrected chi connectivity index (χ0v) is 19.3. The first kappa shape index (κ1) is 22.7. The molecule has 9 heteroatoms. The molecule has 4 rings (SSSR count). The number of carbonyl (C=O) groups excluding carboxylic acids is 2. The Morgan fingerprint density at radius 2 is 1.85 bits per heavy atom. The first-order valence-electron chi connectivity index (χ1n) is 11.3. The predicted octanol–water partition coefficient (Wildman–Crippen LogP) is 2.15. The molecule has 1 fully saturated rings. The zero-order chi connectivity index (χ0) is 23.5. The number of nitrogens with zero attached hydrogens (tertiary/aromatic N) is 4. The number of nitrogens with two attached hydrogens (primary N) is 1. The fraction of sp³-hybridized carbons (Fsp3) is 0.417. The molecule has 0 radical (unpaired) electrons. The van der Waals surface area contributed by atoms with Crippen LogP contribution in [0.3, 0.4) is 0 Å². The van der Waals surface area contributed by atoms with Crippen molar-refractivity contribution in [2.75, 3.05) is 31.5 Å². The maximum absolute atomic E-state index is 12.8. The Kier molecular flexibility index (Phi) is 6.60. The summed E-state index contributed by atoms with van der Waals surface area (Å²) in [5.74, 6) is 0.962. The lowest BCUT2D eigenvalue weighted by molar-refractivity contribution is -0.119. The van der Waals surface area contributed by atoms with Gasteiger partial charge in [-0.2, -0.15) is 0 Å². The Bertz CT molecular complexity index is 1150. The Morgan fingerprint density at radius 1 is 1.12 bits per heavy atom. The fourth-order valence-electron chi connectivity index (χ4n) is 4.17. The van der Waals surface area contributed by atoms with E-state index in [1.54, 1.807) is 6.20 Å². The molecular weight excluding hydrogens is 418 g/mol. The van der Waals surface area contributed by atoms with Crippen molar-refractivity contribution in [3.63, 3.8) is 0 Å². The lowest BCUT2D eigenvalue weighted by Crippen LogP contribution is -2.48. The molecule has 2 aromatic heterocycles. The number of fused-ring (bicyclic) bond motifs is 1. The summed E-state index contributed by atoms with van der Waals surface area (Å²) in [6, 6.07) is 7.21. The Labute approximate surface area is 193 Å². The molecule has 9 nitrogen and oxygen atoms in total. The van der Waals surface area contributed by atoms with E-state index < -0.39 is 11.9 Å². The van der Waals surface area contributed by atoms with Crippen LogP contribution < -0.4 is 11.1 Å². The SMILES string of the molecule is Cc1c[nH]cc1C(=O)N1CCN(Cc2nc(NC(C(N)=O)C(C)C)c3ccccc3n2)CC1. The first-order valence-corrected chi connectivity index (χ1v) is 11.3. The van der Waals surface area contributed by atoms with Gasteiger partial charge in [0.2, 0.25) is 5.91 Å². The second-order valence-corrected chi connectivity index (χ2v) is 8.89. The molecule has 1 aliphatic heterocycles. The quantitative estimate of drug-likeness (QED) is 0.508. The highest BCUT2D eigenvalue weighted by molar-refractivity contribution is 5.95. The number of hydrogen-bond acceptors (Lipinski definition) is 6. The van der Waals surface area contributed by atoms with Gasteiger partial charge in [-0.05, 0) is 30.5 Å². The van der Waals surface area contributed by atoms with Crippen LogP contribution in [-0.2, 0) is 11.3 Å². The minimum absolute atomic E-state index is 0.0222. The van der Waals surface area contributed by atoms with Gasteiger partial charge >= 0.3 is 0 Å². The summed E-state index contributed by atoms with van der Waals surface area (Å²) in [7, 11) is 0. The number of para-hydroxylation sites is 1. The van der Waals surface area contributed by atoms with E-state index in [2.05, 4.69) is 15.2 Å². The second kappa shape index (κ2) is 9.58. The monoisotopic (exact) mass is 449 g/mol. The molecule has 3 heterocycles. The van der Waals surface area contributed by atoms with E-state index in [0.717, 1.165) is 35.1 Å². The minimum Gasteiger partial charge on any atom is -0.368 e. The van der Waals surface area contributed by atoms with Gasteiger partial charge in [0.1, 0.15) is 17.7 Å². The Morgan fingerprint density at radius 3 is 2.48 bits per heavy atom. The Balaban J connectivity index is 1.48. The topological polar surface area (TPSA) is 120 Å². The summed E-state index contributed by atoms with van der Waals surface area (Å²) in [6.07, 6.45) is 3.60. The second-order valence-electron chi connectivity index (χ2n) is 8.89. The lowest BCUT2D eigenvalue weighted by atomic mass is 10.0. The van der Waals surface area contributed by atoms with Crippen molar-refractivity contribution in [1.29, 1.82) is 0 Å². The number of benzene rings is 1. The van der Waals surface area contributed by atoms with Crippen LogP contribution in [0.4, 0.5) is 5.82 Å². The number of carbonyl (C=O) groups is 2. The van der Waals surface area contributed by atoms with Crippen LogP contribution in [0.1, 0.15) is 35.6 Å². The molecule has 1 aromatic carbocycles. The summed E-state index contributed by atoms with van der Waals surface area (Å²) in [6.45, 7) is 9.18. The largest absolute Gasteiger partial charge is 0.368 e. The van der Waals surface area contributed by atoms with Crippen molar-refractivity contribution in [3.8, 4) is 0 Å². The van der Waals surface area contributed by atoms with Crippen molar-refractivity contribution in [1.82, 2.24) is 24.8 Å². The molecule has 0 bridgehead atoms. The van der Waals surface area contributed by atoms with Crippen LogP contribution in [0, 0.1) is 12.8 Å². The molecular formula is C24H31N7O2. The van der Waals surface area contributed by atoms with Gasteiger partial charge in [0.15, 0.2) is 0 Å². The van der Waals surface area contributed by atoms with Crippen molar-refractivity contribution in [3.05, 3.63) is 53.6 Å². The van der Waals surface area contributed by atoms with Gasteiger partial charge in [-0.1, -0.05) is 26.0 Å². The number of aromatic nitrogens is 3. The minimum atomic E-state index is -0.525. The van der Waals surface area contributed by atoms with Crippen LogP contribution in [0.5, 0.6) is 0 Å². The van der Waals surface area contributed by atoms with Gasteiger partial charge in [0.25, 0.3) is 5.91 Å². The highest BCUT2D eigenvalue weighted by Gasteiger charge is 2.25. The molecule has 4 N–H and O–H groups in total. The van der Waals surface area contributed by atoms with E-state index in [1.807, 2.05) is 56.1 Å². The third-order valence-electron chi connectivity index (χ3n) is 6.12. The van der Waals surface area contributed by atoms with Gasteiger partial charge in [-0.3, -0.25) is 14.5 Å². The maximum atomic E-state index is 12.8. The number of H-pyrrole nitrogens is 1. The number of amides is 2. The van der Waals surface area contributed by atoms with Crippen molar-refractivity contribution < 1.29 is 9.59 Å². The predicted molar refractivity (Wildman–Crippen MR) is 128 cm³/mol. The van der Waals surface area contributed by atoms with Gasteiger partial charge in [-0.25, -0.2) is 9.97 Å². The third kappa shape index (κ3) is 4.98. The summed E-state index contributed by atoms with van der Waals surface area (Å²) in [5.41, 5.74) is 8.11. The van der Waals surface area contributed by atoms with E-state index in [1.165, 1.54) is 0 Å². The number of piperazine rings is 1. The summed E-state index contributed by atoms with van der Waals surface area (Å²) >= 11 is 0. The number of rotatable bonds is 7. The molecule has 2 amide bonds. The number of aryl methyl sites for hydroxylation is 1. The van der Waals surface area contributed by atoms with Crippen molar-refractivity contribution >= 4 is 28.5 Å². The zero-order valence-electron chi connectivity index (χ0n) is 19.3. The molecule has 1 atom stereocenters. The third-order valence-corrected chi connectivity index (χ3v) is 6.12. The first-order chi connectivity index (χ1) is 15.8. The van der Waals surface area contributed by atoms with E-state index in [4.69, 9.17) is 15.7 Å². The Hall–Kier alpha value is -3.46. The van der Waals surface area contributed by atoms with Crippen LogP contribution >= 0.6 is 0 Å². The molecule has 33 heavy (non-hydrogen) atoms. The molecule has 0 spiro atoms. The van der Waals surface area contributed by atoms with E-state index in [0.29, 0.717) is 31.3 Å². The van der Waals surface area contributed by atoms with E-state index in [-0.39, 0.29) is 11.8 Å². The average molecular weight is 450 g/mol. The van der Waals surface area contributed by atoms with Crippen LogP contribution in [0.15, 0.2) is 36.7 Å². The van der Waals surface area contributed by atoms with Crippen molar-refractivity contribution in [2.45, 2.75) is 33.4 Å². The van der Waals surface area contributed by atoms with E-state index >= 15 is 0 Å². The summed E-state index contributed by atoms with van der Waals surface area (Å²) in [4.78, 5) is 41.3. The van der Waals surface area contributed by atoms with Crippen LogP contribution in [0.2, 0.25) is 0 Å². The molecule has 1 unspecified atom stereocenters. The maximum Gasteiger partial charge on any atom is 0.255 e. The highest BCUT2D eigenvalue weighted by atomic mass is 16.2. The normalized spacial score (nSPS) is 15.7. The molecule has 1 saturated heterocycles. The van der Waals surface area contributed by atoms with Crippen molar-refractivity contribution in [2.24, 2.45) is 11.7 Å². The molecule has 1 aliphatic rings. The number of anilines is 1. The van der Waals surface area contributed by atoms with Gasteiger partial charge < -0.3 is 20.9 Å². The lowest BCUT2D eigenvalue weighted by Gasteiger charge is -2.34. The molecule has 0 saturated carbocycles. The van der Waals surface area contributed by atoms with Crippen LogP contribution in [0.25, 0.3) is 10.9 Å². The van der Waals surface area contributed by atoms with Gasteiger partial charge in [0.05, 0.1) is 17.6 Å². The smallest absolute Gasteiger partial charge is 0.255 e. The van der Waals surface area contributed by atoms with Gasteiger partial charge in [-0.15, -0.1) is 0 Å². The van der Waals surface area contributed by atoms with Crippen LogP contribution in [-0.4, -0.2) is 68.8 Å². The fourth-order valence-corrected chi connectivity index (χ4v) is 4.17. The standard InChI is InChI=1S/C24H31N7O2/c1-15(2)21(22(25)32)29-23-17-6-4-5-7-19(17)27-20(28-23)14-30-8-10-31(11-9-30)24(33)18-13-26-12-16(18)3/h4-7,12-13,15,21,26H,8-11,14H2,1-3H3,(H2,25,32)(H,27,28,29). The number of primary amides is 1. The summed E-state index contributed by atoms with van der Waals surface area (Å²) < 4.78 is 0. The summed E-state index contributed by atoms with van der Waals surface area (Å²) in [5, 5.41) is 4.09. The number of hydrogen-bond donors (Lipinski definition) is 3. The van der Waals surface area contributed by atoms with E-state index in [9.17, 15) is 9.59 Å². The average Bonchev–Trinajstić information content (AvgIpc) is 3.22. The number of nitrogens with one attached hydrogen (secondary N) is 2. The molecule has 3 aromatic rings. The number of aromatic amines is 1. The highest BCUT2D eigenvalue weighted by Crippen LogP contribution is 2.23. The molecule has 0 aliphatic carbocycles. The molecule has 174 valence electrons. The van der Waals surface area contributed by atoms with Gasteiger partial charge in [0, 0.05) is 44.0 Å².